The topological polar surface area (TPSA) is 72.0 Å². The van der Waals surface area contributed by atoms with Crippen LogP contribution in [0.4, 0.5) is 31.9 Å². The van der Waals surface area contributed by atoms with Crippen molar-refractivity contribution >= 4 is 34.7 Å². The molecule has 0 fully saturated rings. The fourth-order valence-corrected chi connectivity index (χ4v) is 2.22. The molecule has 1 aromatic heterocycles. The lowest BCUT2D eigenvalue weighted by Gasteiger charge is -2.11. The van der Waals surface area contributed by atoms with Crippen molar-refractivity contribution in [2.45, 2.75) is 0 Å². The van der Waals surface area contributed by atoms with Gasteiger partial charge in [-0.15, -0.1) is 5.10 Å². The van der Waals surface area contributed by atoms with Crippen molar-refractivity contribution in [3.8, 4) is 5.75 Å². The first-order valence-electron chi connectivity index (χ1n) is 7.07. The average Bonchev–Trinajstić information content (AvgIpc) is 2.58. The Morgan fingerprint density at radius 2 is 1.88 bits per heavy atom. The predicted octanol–water partition coefficient (Wildman–Crippen LogP) is 4.30. The van der Waals surface area contributed by atoms with E-state index >= 15 is 0 Å². The first-order valence-corrected chi connectivity index (χ1v) is 7.45. The summed E-state index contributed by atoms with van der Waals surface area (Å²) in [5.41, 5.74) is 0.607. The van der Waals surface area contributed by atoms with Crippen LogP contribution in [0.15, 0.2) is 42.6 Å². The number of rotatable bonds is 5. The Labute approximate surface area is 146 Å². The molecule has 0 saturated carbocycles. The summed E-state index contributed by atoms with van der Waals surface area (Å²) in [6.45, 7) is 0. The Kier molecular flexibility index (Phi) is 4.90. The van der Waals surface area contributed by atoms with Gasteiger partial charge in [-0.05, 0) is 30.3 Å². The molecular weight excluding hydrogens is 352 g/mol. The lowest BCUT2D eigenvalue weighted by atomic mass is 10.3. The molecule has 3 aromatic rings. The zero-order valence-corrected chi connectivity index (χ0v) is 13.7. The van der Waals surface area contributed by atoms with Crippen molar-refractivity contribution in [3.63, 3.8) is 0 Å². The Balaban J connectivity index is 1.83. The molecule has 6 nitrogen and oxygen atoms in total. The molecule has 25 heavy (non-hydrogen) atoms. The maximum Gasteiger partial charge on any atom is 0.249 e. The molecule has 0 spiro atoms. The molecule has 9 heteroatoms. The van der Waals surface area contributed by atoms with Gasteiger partial charge in [-0.2, -0.15) is 10.1 Å². The third kappa shape index (κ3) is 4.10. The molecule has 2 aromatic carbocycles. The Bertz CT molecular complexity index is 909. The Hall–Kier alpha value is -3.00. The monoisotopic (exact) mass is 363 g/mol. The highest BCUT2D eigenvalue weighted by molar-refractivity contribution is 6.31. The van der Waals surface area contributed by atoms with Crippen LogP contribution in [-0.2, 0) is 0 Å². The molecule has 0 atom stereocenters. The molecule has 0 bridgehead atoms. The van der Waals surface area contributed by atoms with Gasteiger partial charge in [-0.25, -0.2) is 8.78 Å². The van der Waals surface area contributed by atoms with Crippen molar-refractivity contribution in [1.29, 1.82) is 0 Å². The Morgan fingerprint density at radius 1 is 1.04 bits per heavy atom. The Morgan fingerprint density at radius 3 is 2.64 bits per heavy atom. The summed E-state index contributed by atoms with van der Waals surface area (Å²) in [5.74, 6) is -0.503. The van der Waals surface area contributed by atoms with Crippen molar-refractivity contribution < 1.29 is 13.5 Å². The number of methoxy groups -OCH3 is 1. The maximum absolute atomic E-state index is 13.7. The summed E-state index contributed by atoms with van der Waals surface area (Å²) in [6.07, 6.45) is 1.31. The van der Waals surface area contributed by atoms with Crippen molar-refractivity contribution in [2.75, 3.05) is 17.7 Å². The van der Waals surface area contributed by atoms with Gasteiger partial charge in [0.05, 0.1) is 24.7 Å². The van der Waals surface area contributed by atoms with Crippen molar-refractivity contribution in [2.24, 2.45) is 0 Å². The summed E-state index contributed by atoms with van der Waals surface area (Å²) < 4.78 is 31.9. The first kappa shape index (κ1) is 16.8. The molecular formula is C16H12ClF2N5O. The molecule has 0 aliphatic carbocycles. The van der Waals surface area contributed by atoms with E-state index in [0.717, 1.165) is 12.1 Å². The van der Waals surface area contributed by atoms with Gasteiger partial charge in [0.1, 0.15) is 17.4 Å². The average molecular weight is 364 g/mol. The van der Waals surface area contributed by atoms with E-state index in [1.807, 2.05) is 0 Å². The van der Waals surface area contributed by atoms with Crippen molar-refractivity contribution in [1.82, 2.24) is 15.2 Å². The predicted molar refractivity (Wildman–Crippen MR) is 90.8 cm³/mol. The van der Waals surface area contributed by atoms with Crippen LogP contribution >= 0.6 is 11.6 Å². The SMILES string of the molecule is COc1ccc(Cl)cc1Nc1nncc(Nc2ccc(F)cc2F)n1. The van der Waals surface area contributed by atoms with E-state index in [0.29, 0.717) is 16.5 Å². The molecule has 0 aliphatic heterocycles. The van der Waals surface area contributed by atoms with Crippen LogP contribution in [0.3, 0.4) is 0 Å². The minimum atomic E-state index is -0.746. The highest BCUT2D eigenvalue weighted by atomic mass is 35.5. The van der Waals surface area contributed by atoms with Crippen LogP contribution in [0.25, 0.3) is 0 Å². The van der Waals surface area contributed by atoms with E-state index < -0.39 is 11.6 Å². The number of anilines is 4. The highest BCUT2D eigenvalue weighted by Gasteiger charge is 2.09. The van der Waals surface area contributed by atoms with Gasteiger partial charge in [0.2, 0.25) is 5.95 Å². The van der Waals surface area contributed by atoms with E-state index in [-0.39, 0.29) is 17.5 Å². The summed E-state index contributed by atoms with van der Waals surface area (Å²) in [4.78, 5) is 4.18. The zero-order chi connectivity index (χ0) is 17.8. The van der Waals surface area contributed by atoms with Crippen LogP contribution in [0, 0.1) is 11.6 Å². The van der Waals surface area contributed by atoms with Crippen LogP contribution in [0.2, 0.25) is 5.02 Å². The second-order valence-electron chi connectivity index (χ2n) is 4.88. The normalized spacial score (nSPS) is 10.4. The largest absolute Gasteiger partial charge is 0.495 e. The molecule has 0 amide bonds. The number of benzene rings is 2. The van der Waals surface area contributed by atoms with Gasteiger partial charge in [0, 0.05) is 11.1 Å². The third-order valence-corrected chi connectivity index (χ3v) is 3.40. The third-order valence-electron chi connectivity index (χ3n) is 3.16. The smallest absolute Gasteiger partial charge is 0.249 e. The van der Waals surface area contributed by atoms with Gasteiger partial charge in [-0.3, -0.25) is 0 Å². The van der Waals surface area contributed by atoms with E-state index in [1.54, 1.807) is 18.2 Å². The van der Waals surface area contributed by atoms with Crippen LogP contribution < -0.4 is 15.4 Å². The van der Waals surface area contributed by atoms with E-state index in [4.69, 9.17) is 16.3 Å². The van der Waals surface area contributed by atoms with Crippen LogP contribution in [0.1, 0.15) is 0 Å². The number of ether oxygens (including phenoxy) is 1. The molecule has 0 saturated heterocycles. The van der Waals surface area contributed by atoms with Crippen LogP contribution in [-0.4, -0.2) is 22.3 Å². The van der Waals surface area contributed by atoms with Crippen LogP contribution in [0.5, 0.6) is 5.75 Å². The summed E-state index contributed by atoms with van der Waals surface area (Å²) in [5, 5.41) is 13.8. The maximum atomic E-state index is 13.7. The minimum Gasteiger partial charge on any atom is -0.495 e. The molecule has 0 radical (unpaired) electrons. The number of aromatic nitrogens is 3. The van der Waals surface area contributed by atoms with Gasteiger partial charge in [0.15, 0.2) is 5.82 Å². The number of nitrogens with zero attached hydrogens (tertiary/aromatic N) is 3. The number of hydrogen-bond donors (Lipinski definition) is 2. The molecule has 3 rings (SSSR count). The second-order valence-corrected chi connectivity index (χ2v) is 5.32. The molecule has 128 valence electrons. The number of hydrogen-bond acceptors (Lipinski definition) is 6. The quantitative estimate of drug-likeness (QED) is 0.704. The molecule has 2 N–H and O–H groups in total. The summed E-state index contributed by atoms with van der Waals surface area (Å²) in [7, 11) is 1.52. The van der Waals surface area contributed by atoms with Gasteiger partial charge in [-0.1, -0.05) is 11.6 Å². The molecule has 1 heterocycles. The second kappa shape index (κ2) is 7.27. The highest BCUT2D eigenvalue weighted by Crippen LogP contribution is 2.29. The van der Waals surface area contributed by atoms with E-state index in [9.17, 15) is 8.78 Å². The minimum absolute atomic E-state index is 0.0631. The van der Waals surface area contributed by atoms with E-state index in [1.165, 1.54) is 19.4 Å². The van der Waals surface area contributed by atoms with E-state index in [2.05, 4.69) is 25.8 Å². The van der Waals surface area contributed by atoms with Gasteiger partial charge >= 0.3 is 0 Å². The van der Waals surface area contributed by atoms with Gasteiger partial charge in [0.25, 0.3) is 0 Å². The standard InChI is InChI=1S/C16H12ClF2N5O/c1-25-14-5-2-9(17)6-13(14)22-16-23-15(8-20-24-16)21-12-4-3-10(18)7-11(12)19/h2-8H,1H3,(H2,21,22,23,24). The first-order chi connectivity index (χ1) is 12.0. The zero-order valence-electron chi connectivity index (χ0n) is 12.9. The van der Waals surface area contributed by atoms with Gasteiger partial charge < -0.3 is 15.4 Å². The summed E-state index contributed by atoms with van der Waals surface area (Å²) >= 11 is 5.97. The molecule has 0 aliphatic rings. The summed E-state index contributed by atoms with van der Waals surface area (Å²) in [6, 6.07) is 8.18. The number of nitrogens with one attached hydrogen (secondary N) is 2. The number of halogens is 3. The van der Waals surface area contributed by atoms with Crippen molar-refractivity contribution in [3.05, 3.63) is 59.3 Å². The lowest BCUT2D eigenvalue weighted by molar-refractivity contribution is 0.417. The molecule has 0 unspecified atom stereocenters. The fourth-order valence-electron chi connectivity index (χ4n) is 2.04. The fraction of sp³-hybridized carbons (Fsp3) is 0.0625. The lowest BCUT2D eigenvalue weighted by Crippen LogP contribution is -2.04.